The number of aryl methyl sites for hydroxylation is 1. The first kappa shape index (κ1) is 5.71. The Bertz CT molecular complexity index is 207. The highest BCUT2D eigenvalue weighted by molar-refractivity contribution is 5.38. The van der Waals surface area contributed by atoms with Crippen molar-refractivity contribution in [3.63, 3.8) is 0 Å². The summed E-state index contributed by atoms with van der Waals surface area (Å²) >= 11 is 0. The zero-order valence-electron chi connectivity index (χ0n) is 5.75. The van der Waals surface area contributed by atoms with Gasteiger partial charge in [-0.1, -0.05) is 6.07 Å². The van der Waals surface area contributed by atoms with E-state index >= 15 is 0 Å². The van der Waals surface area contributed by atoms with E-state index in [-0.39, 0.29) is 0 Å². The lowest BCUT2D eigenvalue weighted by atomic mass is 10.1. The maximum atomic E-state index is 4.28. The van der Waals surface area contributed by atoms with Crippen LogP contribution in [0, 0.1) is 0 Å². The van der Waals surface area contributed by atoms with E-state index in [0.717, 1.165) is 18.8 Å². The summed E-state index contributed by atoms with van der Waals surface area (Å²) in [5, 5.41) is 4.28. The van der Waals surface area contributed by atoms with Gasteiger partial charge in [-0.15, -0.1) is 0 Å². The van der Waals surface area contributed by atoms with Gasteiger partial charge in [-0.05, 0) is 24.5 Å². The van der Waals surface area contributed by atoms with Crippen molar-refractivity contribution in [2.75, 3.05) is 6.54 Å². The van der Waals surface area contributed by atoms with Gasteiger partial charge in [0, 0.05) is 12.7 Å². The molecule has 10 heavy (non-hydrogen) atoms. The fraction of sp³-hybridized carbons (Fsp3) is 0.375. The Kier molecular flexibility index (Phi) is 1.31. The summed E-state index contributed by atoms with van der Waals surface area (Å²) < 4.78 is 0. The van der Waals surface area contributed by atoms with E-state index in [2.05, 4.69) is 16.4 Å². The normalized spacial score (nSPS) is 15.6. The molecule has 1 aromatic rings. The number of fused-ring (bicyclic) bond motifs is 1. The Morgan fingerprint density at radius 2 is 2.40 bits per heavy atom. The molecule has 0 spiro atoms. The zero-order chi connectivity index (χ0) is 6.81. The summed E-state index contributed by atoms with van der Waals surface area (Å²) in [4.78, 5) is 4.15. The molecule has 2 heterocycles. The fourth-order valence-corrected chi connectivity index (χ4v) is 1.22. The standard InChI is InChI=1S/C8H9N2/c1-3-7-4-2-6-10-8(7)9-5-1/h1,3,5H,2,4,6H2. The van der Waals surface area contributed by atoms with Crippen molar-refractivity contribution in [3.8, 4) is 0 Å². The molecule has 2 nitrogen and oxygen atoms in total. The molecule has 1 aliphatic rings. The van der Waals surface area contributed by atoms with Crippen LogP contribution in [-0.4, -0.2) is 11.5 Å². The van der Waals surface area contributed by atoms with Crippen molar-refractivity contribution < 1.29 is 0 Å². The summed E-state index contributed by atoms with van der Waals surface area (Å²) in [5.41, 5.74) is 1.30. The van der Waals surface area contributed by atoms with Crippen molar-refractivity contribution >= 4 is 5.82 Å². The molecule has 2 rings (SSSR count). The van der Waals surface area contributed by atoms with Crippen molar-refractivity contribution in [3.05, 3.63) is 23.9 Å². The molecular weight excluding hydrogens is 124 g/mol. The molecule has 0 amide bonds. The highest BCUT2D eigenvalue weighted by atomic mass is 15.0. The van der Waals surface area contributed by atoms with Crippen molar-refractivity contribution in [2.45, 2.75) is 12.8 Å². The SMILES string of the molecule is c1cnc2c(c1)CCC[N]2. The highest BCUT2D eigenvalue weighted by Gasteiger charge is 2.08. The molecule has 2 heteroatoms. The van der Waals surface area contributed by atoms with Crippen LogP contribution in [0.2, 0.25) is 0 Å². The van der Waals surface area contributed by atoms with Crippen LogP contribution < -0.4 is 5.32 Å². The second-order valence-corrected chi connectivity index (χ2v) is 2.47. The van der Waals surface area contributed by atoms with Gasteiger partial charge >= 0.3 is 0 Å². The molecule has 0 fully saturated rings. The summed E-state index contributed by atoms with van der Waals surface area (Å²) in [6, 6.07) is 4.07. The van der Waals surface area contributed by atoms with Gasteiger partial charge in [0.1, 0.15) is 5.82 Å². The van der Waals surface area contributed by atoms with Crippen LogP contribution in [0.3, 0.4) is 0 Å². The largest absolute Gasteiger partial charge is 0.267 e. The molecule has 0 unspecified atom stereocenters. The molecule has 1 aliphatic heterocycles. The predicted octanol–water partition coefficient (Wildman–Crippen LogP) is 1.26. The van der Waals surface area contributed by atoms with Crippen LogP contribution >= 0.6 is 0 Å². The van der Waals surface area contributed by atoms with Gasteiger partial charge in [0.05, 0.1) is 0 Å². The number of hydrogen-bond donors (Lipinski definition) is 0. The maximum absolute atomic E-state index is 4.28. The van der Waals surface area contributed by atoms with Gasteiger partial charge in [-0.2, -0.15) is 0 Å². The molecule has 0 saturated heterocycles. The fourth-order valence-electron chi connectivity index (χ4n) is 1.22. The summed E-state index contributed by atoms with van der Waals surface area (Å²) in [5.74, 6) is 0.953. The van der Waals surface area contributed by atoms with Gasteiger partial charge in [0.2, 0.25) is 0 Å². The Morgan fingerprint density at radius 1 is 1.40 bits per heavy atom. The second-order valence-electron chi connectivity index (χ2n) is 2.47. The first-order chi connectivity index (χ1) is 4.97. The van der Waals surface area contributed by atoms with Crippen LogP contribution in [0.1, 0.15) is 12.0 Å². The molecule has 51 valence electrons. The second kappa shape index (κ2) is 2.29. The predicted molar refractivity (Wildman–Crippen MR) is 39.2 cm³/mol. The lowest BCUT2D eigenvalue weighted by molar-refractivity contribution is 0.689. The number of hydrogen-bond acceptors (Lipinski definition) is 1. The minimum absolute atomic E-state index is 0.948. The van der Waals surface area contributed by atoms with E-state index in [1.165, 1.54) is 12.0 Å². The Morgan fingerprint density at radius 3 is 3.30 bits per heavy atom. The number of pyridine rings is 1. The summed E-state index contributed by atoms with van der Waals surface area (Å²) in [7, 11) is 0. The van der Waals surface area contributed by atoms with Crippen LogP contribution in [0.5, 0.6) is 0 Å². The lowest BCUT2D eigenvalue weighted by Gasteiger charge is -2.12. The zero-order valence-corrected chi connectivity index (χ0v) is 5.75. The van der Waals surface area contributed by atoms with Crippen molar-refractivity contribution in [1.29, 1.82) is 0 Å². The summed E-state index contributed by atoms with van der Waals surface area (Å²) in [6.45, 7) is 0.948. The molecule has 0 atom stereocenters. The quantitative estimate of drug-likeness (QED) is 0.523. The molecule has 1 radical (unpaired) electrons. The topological polar surface area (TPSA) is 27.0 Å². The van der Waals surface area contributed by atoms with E-state index < -0.39 is 0 Å². The van der Waals surface area contributed by atoms with Crippen LogP contribution in [0.4, 0.5) is 5.82 Å². The molecule has 0 aromatic carbocycles. The van der Waals surface area contributed by atoms with E-state index in [4.69, 9.17) is 0 Å². The smallest absolute Gasteiger partial charge is 0.150 e. The van der Waals surface area contributed by atoms with Gasteiger partial charge in [-0.25, -0.2) is 4.98 Å². The molecule has 0 bridgehead atoms. The van der Waals surface area contributed by atoms with E-state index in [1.54, 1.807) is 6.20 Å². The van der Waals surface area contributed by atoms with Crippen molar-refractivity contribution in [2.24, 2.45) is 0 Å². The highest BCUT2D eigenvalue weighted by Crippen LogP contribution is 2.17. The van der Waals surface area contributed by atoms with Crippen LogP contribution in [0.15, 0.2) is 18.3 Å². The van der Waals surface area contributed by atoms with Crippen LogP contribution in [-0.2, 0) is 6.42 Å². The van der Waals surface area contributed by atoms with E-state index in [1.807, 2.05) is 6.07 Å². The Balaban J connectivity index is 2.41. The maximum Gasteiger partial charge on any atom is 0.150 e. The number of nitrogens with zero attached hydrogens (tertiary/aromatic N) is 2. The minimum atomic E-state index is 0.948. The molecule has 0 saturated carbocycles. The van der Waals surface area contributed by atoms with Crippen molar-refractivity contribution in [1.82, 2.24) is 10.3 Å². The van der Waals surface area contributed by atoms with Gasteiger partial charge in [0.25, 0.3) is 0 Å². The van der Waals surface area contributed by atoms with Gasteiger partial charge in [0.15, 0.2) is 0 Å². The van der Waals surface area contributed by atoms with Crippen LogP contribution in [0.25, 0.3) is 0 Å². The first-order valence-corrected chi connectivity index (χ1v) is 3.58. The average molecular weight is 133 g/mol. The molecule has 0 N–H and O–H groups in total. The van der Waals surface area contributed by atoms with E-state index in [9.17, 15) is 0 Å². The third kappa shape index (κ3) is 0.856. The van der Waals surface area contributed by atoms with E-state index in [0.29, 0.717) is 0 Å². The monoisotopic (exact) mass is 133 g/mol. The summed E-state index contributed by atoms with van der Waals surface area (Å²) in [6.07, 6.45) is 4.12. The number of rotatable bonds is 0. The Hall–Kier alpha value is -1.05. The number of aromatic nitrogens is 1. The third-order valence-corrected chi connectivity index (χ3v) is 1.73. The first-order valence-electron chi connectivity index (χ1n) is 3.58. The van der Waals surface area contributed by atoms with Gasteiger partial charge < -0.3 is 0 Å². The Labute approximate surface area is 60.3 Å². The molecule has 1 aromatic heterocycles. The molecule has 0 aliphatic carbocycles. The van der Waals surface area contributed by atoms with Gasteiger partial charge in [-0.3, -0.25) is 5.32 Å². The minimum Gasteiger partial charge on any atom is -0.267 e. The third-order valence-electron chi connectivity index (χ3n) is 1.73. The molecular formula is C8H9N2. The average Bonchev–Trinajstić information content (AvgIpc) is 2.05. The lowest BCUT2D eigenvalue weighted by Crippen LogP contribution is -2.11.